The van der Waals surface area contributed by atoms with Crippen molar-refractivity contribution >= 4 is 0 Å². The van der Waals surface area contributed by atoms with E-state index in [0.29, 0.717) is 6.54 Å². The van der Waals surface area contributed by atoms with E-state index in [0.717, 1.165) is 29.5 Å². The van der Waals surface area contributed by atoms with E-state index < -0.39 is 0 Å². The van der Waals surface area contributed by atoms with Crippen LogP contribution >= 0.6 is 0 Å². The quantitative estimate of drug-likeness (QED) is 0.823. The number of hydrogen-bond donors (Lipinski definition) is 2. The van der Waals surface area contributed by atoms with Gasteiger partial charge in [0.15, 0.2) is 0 Å². The third kappa shape index (κ3) is 3.05. The lowest BCUT2D eigenvalue weighted by Gasteiger charge is -2.19. The van der Waals surface area contributed by atoms with Crippen LogP contribution in [0.3, 0.4) is 0 Å². The summed E-state index contributed by atoms with van der Waals surface area (Å²) in [5.74, 6) is 1.41. The maximum absolute atomic E-state index is 13.2. The van der Waals surface area contributed by atoms with Gasteiger partial charge in [0.25, 0.3) is 0 Å². The van der Waals surface area contributed by atoms with Crippen molar-refractivity contribution in [2.24, 2.45) is 17.6 Å². The average molecular weight is 236 g/mol. The SMILES string of the molecule is Cc1ccc(F)cc1C(CN)NCC1CC1C. The lowest BCUT2D eigenvalue weighted by atomic mass is 10.0. The number of halogens is 1. The van der Waals surface area contributed by atoms with Gasteiger partial charge in [-0.05, 0) is 55.0 Å². The van der Waals surface area contributed by atoms with Crippen molar-refractivity contribution in [3.05, 3.63) is 35.1 Å². The molecule has 1 aromatic carbocycles. The fraction of sp³-hybridized carbons (Fsp3) is 0.571. The molecule has 0 bridgehead atoms. The topological polar surface area (TPSA) is 38.0 Å². The van der Waals surface area contributed by atoms with E-state index in [2.05, 4.69) is 12.2 Å². The fourth-order valence-corrected chi connectivity index (χ4v) is 2.28. The molecule has 0 radical (unpaired) electrons. The molecule has 94 valence electrons. The average Bonchev–Trinajstić information content (AvgIpc) is 3.00. The number of hydrogen-bond acceptors (Lipinski definition) is 2. The molecule has 3 heteroatoms. The van der Waals surface area contributed by atoms with Crippen molar-refractivity contribution < 1.29 is 4.39 Å². The Labute approximate surface area is 102 Å². The number of nitrogens with two attached hydrogens (primary N) is 1. The molecule has 1 aliphatic carbocycles. The van der Waals surface area contributed by atoms with Crippen LogP contribution in [0.4, 0.5) is 4.39 Å². The molecule has 1 aromatic rings. The van der Waals surface area contributed by atoms with Crippen LogP contribution in [0, 0.1) is 24.6 Å². The molecular formula is C14H21FN2. The van der Waals surface area contributed by atoms with Gasteiger partial charge in [-0.25, -0.2) is 4.39 Å². The molecule has 3 unspecified atom stereocenters. The van der Waals surface area contributed by atoms with Crippen LogP contribution in [-0.2, 0) is 0 Å². The van der Waals surface area contributed by atoms with E-state index in [1.165, 1.54) is 12.5 Å². The molecule has 0 saturated heterocycles. The van der Waals surface area contributed by atoms with Crippen molar-refractivity contribution in [2.45, 2.75) is 26.3 Å². The Morgan fingerprint density at radius 2 is 2.24 bits per heavy atom. The Kier molecular flexibility index (Phi) is 3.79. The first-order valence-electron chi connectivity index (χ1n) is 6.31. The standard InChI is InChI=1S/C14H21FN2/c1-9-3-4-12(15)6-13(9)14(7-16)17-8-11-5-10(11)2/h3-4,6,10-11,14,17H,5,7-8,16H2,1-2H3. The summed E-state index contributed by atoms with van der Waals surface area (Å²) in [6.45, 7) is 5.75. The molecule has 0 aliphatic heterocycles. The van der Waals surface area contributed by atoms with Crippen molar-refractivity contribution in [3.8, 4) is 0 Å². The third-order valence-electron chi connectivity index (χ3n) is 3.75. The molecule has 17 heavy (non-hydrogen) atoms. The summed E-state index contributed by atoms with van der Waals surface area (Å²) in [5.41, 5.74) is 7.86. The van der Waals surface area contributed by atoms with E-state index in [-0.39, 0.29) is 11.9 Å². The Balaban J connectivity index is 2.03. The van der Waals surface area contributed by atoms with Gasteiger partial charge in [0.1, 0.15) is 5.82 Å². The Hall–Kier alpha value is -0.930. The molecule has 1 saturated carbocycles. The third-order valence-corrected chi connectivity index (χ3v) is 3.75. The van der Waals surface area contributed by atoms with E-state index in [1.54, 1.807) is 6.07 Å². The van der Waals surface area contributed by atoms with Crippen molar-refractivity contribution in [1.29, 1.82) is 0 Å². The number of aryl methyl sites for hydroxylation is 1. The second-order valence-corrected chi connectivity index (χ2v) is 5.17. The fourth-order valence-electron chi connectivity index (χ4n) is 2.28. The van der Waals surface area contributed by atoms with Gasteiger partial charge in [-0.1, -0.05) is 13.0 Å². The minimum Gasteiger partial charge on any atom is -0.329 e. The minimum atomic E-state index is -0.189. The molecule has 0 aromatic heterocycles. The molecule has 3 atom stereocenters. The minimum absolute atomic E-state index is 0.0681. The molecule has 0 amide bonds. The van der Waals surface area contributed by atoms with Crippen LogP contribution in [-0.4, -0.2) is 13.1 Å². The van der Waals surface area contributed by atoms with Crippen LogP contribution in [0.25, 0.3) is 0 Å². The van der Waals surface area contributed by atoms with Crippen LogP contribution in [0.5, 0.6) is 0 Å². The molecule has 3 N–H and O–H groups in total. The summed E-state index contributed by atoms with van der Waals surface area (Å²) in [7, 11) is 0. The highest BCUT2D eigenvalue weighted by Crippen LogP contribution is 2.37. The highest BCUT2D eigenvalue weighted by atomic mass is 19.1. The van der Waals surface area contributed by atoms with E-state index >= 15 is 0 Å². The zero-order chi connectivity index (χ0) is 12.4. The van der Waals surface area contributed by atoms with Gasteiger partial charge in [0.2, 0.25) is 0 Å². The van der Waals surface area contributed by atoms with Gasteiger partial charge in [-0.2, -0.15) is 0 Å². The molecule has 0 spiro atoms. The molecular weight excluding hydrogens is 215 g/mol. The Bertz CT molecular complexity index is 392. The number of rotatable bonds is 5. The number of nitrogens with one attached hydrogen (secondary N) is 1. The summed E-state index contributed by atoms with van der Waals surface area (Å²) in [5, 5.41) is 3.45. The zero-order valence-electron chi connectivity index (χ0n) is 10.5. The first-order valence-corrected chi connectivity index (χ1v) is 6.31. The summed E-state index contributed by atoms with van der Waals surface area (Å²) < 4.78 is 13.2. The van der Waals surface area contributed by atoms with Crippen LogP contribution < -0.4 is 11.1 Å². The van der Waals surface area contributed by atoms with Gasteiger partial charge >= 0.3 is 0 Å². The molecule has 0 heterocycles. The van der Waals surface area contributed by atoms with E-state index in [1.807, 2.05) is 13.0 Å². The van der Waals surface area contributed by atoms with Gasteiger partial charge in [-0.15, -0.1) is 0 Å². The Morgan fingerprint density at radius 1 is 1.53 bits per heavy atom. The second kappa shape index (κ2) is 5.15. The second-order valence-electron chi connectivity index (χ2n) is 5.17. The molecule has 1 fully saturated rings. The maximum atomic E-state index is 13.2. The van der Waals surface area contributed by atoms with Gasteiger partial charge < -0.3 is 11.1 Å². The maximum Gasteiger partial charge on any atom is 0.123 e. The van der Waals surface area contributed by atoms with Gasteiger partial charge in [-0.3, -0.25) is 0 Å². The van der Waals surface area contributed by atoms with Crippen molar-refractivity contribution in [3.63, 3.8) is 0 Å². The normalized spacial score (nSPS) is 24.7. The van der Waals surface area contributed by atoms with Crippen LogP contribution in [0.1, 0.15) is 30.5 Å². The largest absolute Gasteiger partial charge is 0.329 e. The van der Waals surface area contributed by atoms with Crippen LogP contribution in [0.2, 0.25) is 0 Å². The Morgan fingerprint density at radius 3 is 2.82 bits per heavy atom. The van der Waals surface area contributed by atoms with Gasteiger partial charge in [0, 0.05) is 12.6 Å². The summed E-state index contributed by atoms with van der Waals surface area (Å²) in [6, 6.07) is 4.97. The van der Waals surface area contributed by atoms with Crippen LogP contribution in [0.15, 0.2) is 18.2 Å². The summed E-state index contributed by atoms with van der Waals surface area (Å²) in [4.78, 5) is 0. The lowest BCUT2D eigenvalue weighted by molar-refractivity contribution is 0.506. The van der Waals surface area contributed by atoms with E-state index in [9.17, 15) is 4.39 Å². The molecule has 2 rings (SSSR count). The smallest absolute Gasteiger partial charge is 0.123 e. The van der Waals surface area contributed by atoms with Gasteiger partial charge in [0.05, 0.1) is 0 Å². The molecule has 2 nitrogen and oxygen atoms in total. The molecule has 1 aliphatic rings. The van der Waals surface area contributed by atoms with E-state index in [4.69, 9.17) is 5.73 Å². The summed E-state index contributed by atoms with van der Waals surface area (Å²) in [6.07, 6.45) is 1.30. The zero-order valence-corrected chi connectivity index (χ0v) is 10.5. The monoisotopic (exact) mass is 236 g/mol. The van der Waals surface area contributed by atoms with Crippen molar-refractivity contribution in [2.75, 3.05) is 13.1 Å². The predicted molar refractivity (Wildman–Crippen MR) is 68.2 cm³/mol. The number of benzene rings is 1. The van der Waals surface area contributed by atoms with Crippen molar-refractivity contribution in [1.82, 2.24) is 5.32 Å². The first-order chi connectivity index (χ1) is 8.11. The predicted octanol–water partition coefficient (Wildman–Crippen LogP) is 2.38. The lowest BCUT2D eigenvalue weighted by Crippen LogP contribution is -2.30. The summed E-state index contributed by atoms with van der Waals surface area (Å²) >= 11 is 0. The highest BCUT2D eigenvalue weighted by molar-refractivity contribution is 5.29. The first kappa shape index (κ1) is 12.5. The highest BCUT2D eigenvalue weighted by Gasteiger charge is 2.32.